The maximum absolute atomic E-state index is 10.8. The van der Waals surface area contributed by atoms with Crippen molar-refractivity contribution in [3.8, 4) is 0 Å². The second kappa shape index (κ2) is 3.53. The van der Waals surface area contributed by atoms with Crippen LogP contribution >= 0.6 is 15.9 Å². The van der Waals surface area contributed by atoms with Crippen LogP contribution in [0.1, 0.15) is 10.4 Å². The Kier molecular flexibility index (Phi) is 2.62. The van der Waals surface area contributed by atoms with Crippen molar-refractivity contribution in [1.82, 2.24) is 0 Å². The number of benzene rings is 1. The van der Waals surface area contributed by atoms with Crippen LogP contribution in [0.4, 0.5) is 5.69 Å². The Morgan fingerprint density at radius 2 is 2.15 bits per heavy atom. The third kappa shape index (κ3) is 2.03. The molecule has 5 nitrogen and oxygen atoms in total. The predicted octanol–water partition coefficient (Wildman–Crippen LogP) is 1.46. The molecule has 13 heavy (non-hydrogen) atoms. The molecule has 0 aliphatic heterocycles. The molecule has 0 aromatic heterocycles. The monoisotopic (exact) mass is 244 g/mol. The molecule has 1 amide bonds. The van der Waals surface area contributed by atoms with E-state index in [2.05, 4.69) is 15.9 Å². The van der Waals surface area contributed by atoms with E-state index in [4.69, 9.17) is 5.73 Å². The molecule has 0 spiro atoms. The molecule has 0 saturated heterocycles. The van der Waals surface area contributed by atoms with E-state index < -0.39 is 10.8 Å². The Balaban J connectivity index is 3.35. The molecule has 0 aliphatic carbocycles. The lowest BCUT2D eigenvalue weighted by atomic mass is 10.2. The molecule has 1 aromatic rings. The molecule has 0 aliphatic rings. The molecule has 1 rings (SSSR count). The van der Waals surface area contributed by atoms with E-state index in [1.165, 1.54) is 18.2 Å². The standard InChI is InChI=1S/C7H5BrN2O3/c8-4-1-2-6(10(12)13)5(3-4)7(9)11/h1-3H,(H2,9,11). The molecule has 0 unspecified atom stereocenters. The van der Waals surface area contributed by atoms with E-state index in [0.717, 1.165) is 0 Å². The largest absolute Gasteiger partial charge is 0.365 e. The van der Waals surface area contributed by atoms with E-state index in [1.54, 1.807) is 0 Å². The second-order valence-corrected chi connectivity index (χ2v) is 3.20. The third-order valence-electron chi connectivity index (χ3n) is 1.42. The zero-order valence-corrected chi connectivity index (χ0v) is 7.95. The van der Waals surface area contributed by atoms with E-state index >= 15 is 0 Å². The van der Waals surface area contributed by atoms with Gasteiger partial charge in [-0.15, -0.1) is 0 Å². The highest BCUT2D eigenvalue weighted by Gasteiger charge is 2.17. The van der Waals surface area contributed by atoms with Crippen molar-refractivity contribution in [2.75, 3.05) is 0 Å². The molecule has 0 heterocycles. The van der Waals surface area contributed by atoms with Crippen molar-refractivity contribution < 1.29 is 9.72 Å². The minimum absolute atomic E-state index is 0.0978. The number of hydrogen-bond acceptors (Lipinski definition) is 3. The van der Waals surface area contributed by atoms with Crippen molar-refractivity contribution in [2.24, 2.45) is 5.73 Å². The Morgan fingerprint density at radius 1 is 1.54 bits per heavy atom. The SMILES string of the molecule is NC(=O)c1cc(Br)ccc1[N+](=O)[O-]. The van der Waals surface area contributed by atoms with Crippen molar-refractivity contribution >= 4 is 27.5 Å². The van der Waals surface area contributed by atoms with Crippen LogP contribution in [-0.2, 0) is 0 Å². The molecular weight excluding hydrogens is 240 g/mol. The van der Waals surface area contributed by atoms with Crippen LogP contribution in [0.15, 0.2) is 22.7 Å². The molecule has 2 N–H and O–H groups in total. The topological polar surface area (TPSA) is 86.2 Å². The second-order valence-electron chi connectivity index (χ2n) is 2.28. The molecular formula is C7H5BrN2O3. The summed E-state index contributed by atoms with van der Waals surface area (Å²) in [6, 6.07) is 4.02. The first-order chi connectivity index (χ1) is 6.02. The number of nitro benzene ring substituents is 1. The highest BCUT2D eigenvalue weighted by atomic mass is 79.9. The number of nitrogens with zero attached hydrogens (tertiary/aromatic N) is 1. The Morgan fingerprint density at radius 3 is 2.62 bits per heavy atom. The van der Waals surface area contributed by atoms with Crippen LogP contribution in [0.25, 0.3) is 0 Å². The highest BCUT2D eigenvalue weighted by molar-refractivity contribution is 9.10. The van der Waals surface area contributed by atoms with Gasteiger partial charge in [-0.1, -0.05) is 15.9 Å². The summed E-state index contributed by atoms with van der Waals surface area (Å²) >= 11 is 3.08. The summed E-state index contributed by atoms with van der Waals surface area (Å²) in [5, 5.41) is 10.4. The first kappa shape index (κ1) is 9.66. The zero-order valence-electron chi connectivity index (χ0n) is 6.36. The van der Waals surface area contributed by atoms with Crippen molar-refractivity contribution in [3.63, 3.8) is 0 Å². The normalized spacial score (nSPS) is 9.62. The van der Waals surface area contributed by atoms with Crippen molar-refractivity contribution in [3.05, 3.63) is 38.3 Å². The van der Waals surface area contributed by atoms with Crippen LogP contribution < -0.4 is 5.73 Å². The molecule has 68 valence electrons. The number of rotatable bonds is 2. The summed E-state index contributed by atoms with van der Waals surface area (Å²) in [4.78, 5) is 20.5. The lowest BCUT2D eigenvalue weighted by molar-refractivity contribution is -0.385. The molecule has 1 aromatic carbocycles. The average molecular weight is 245 g/mol. The smallest absolute Gasteiger partial charge is 0.282 e. The minimum atomic E-state index is -0.812. The van der Waals surface area contributed by atoms with E-state index in [-0.39, 0.29) is 11.3 Å². The number of hydrogen-bond donors (Lipinski definition) is 1. The van der Waals surface area contributed by atoms with Gasteiger partial charge >= 0.3 is 0 Å². The van der Waals surface area contributed by atoms with Gasteiger partial charge in [0.15, 0.2) is 0 Å². The van der Waals surface area contributed by atoms with Crippen LogP contribution in [0.2, 0.25) is 0 Å². The summed E-state index contributed by atoms with van der Waals surface area (Å²) in [5.74, 6) is -0.812. The lowest BCUT2D eigenvalue weighted by Crippen LogP contribution is -2.13. The maximum atomic E-state index is 10.8. The molecule has 0 bridgehead atoms. The molecule has 6 heteroatoms. The number of carbonyl (C=O) groups excluding carboxylic acids is 1. The van der Waals surface area contributed by atoms with E-state index in [9.17, 15) is 14.9 Å². The number of primary amides is 1. The Bertz CT molecular complexity index is 378. The Hall–Kier alpha value is -1.43. The molecule has 0 radical (unpaired) electrons. The average Bonchev–Trinajstić information content (AvgIpc) is 2.03. The number of nitro groups is 1. The van der Waals surface area contributed by atoms with Gasteiger partial charge in [0, 0.05) is 10.5 Å². The number of halogens is 1. The van der Waals surface area contributed by atoms with Crippen LogP contribution in [-0.4, -0.2) is 10.8 Å². The van der Waals surface area contributed by atoms with Gasteiger partial charge in [-0.25, -0.2) is 0 Å². The van der Waals surface area contributed by atoms with Gasteiger partial charge in [-0.3, -0.25) is 14.9 Å². The fourth-order valence-corrected chi connectivity index (χ4v) is 1.23. The summed E-state index contributed by atoms with van der Waals surface area (Å²) in [7, 11) is 0. The number of nitrogens with two attached hydrogens (primary N) is 1. The Labute approximate surface area is 81.8 Å². The fourth-order valence-electron chi connectivity index (χ4n) is 0.865. The number of amides is 1. The van der Waals surface area contributed by atoms with Gasteiger partial charge < -0.3 is 5.73 Å². The van der Waals surface area contributed by atoms with Crippen LogP contribution in [0.5, 0.6) is 0 Å². The third-order valence-corrected chi connectivity index (χ3v) is 1.91. The fraction of sp³-hybridized carbons (Fsp3) is 0. The van der Waals surface area contributed by atoms with Gasteiger partial charge in [-0.05, 0) is 12.1 Å². The lowest BCUT2D eigenvalue weighted by Gasteiger charge is -1.98. The van der Waals surface area contributed by atoms with Crippen LogP contribution in [0, 0.1) is 10.1 Å². The van der Waals surface area contributed by atoms with Gasteiger partial charge in [-0.2, -0.15) is 0 Å². The van der Waals surface area contributed by atoms with E-state index in [1.807, 2.05) is 0 Å². The quantitative estimate of drug-likeness (QED) is 0.631. The zero-order chi connectivity index (χ0) is 10.0. The van der Waals surface area contributed by atoms with Crippen molar-refractivity contribution in [2.45, 2.75) is 0 Å². The molecule has 0 atom stereocenters. The maximum Gasteiger partial charge on any atom is 0.282 e. The van der Waals surface area contributed by atoms with Gasteiger partial charge in [0.1, 0.15) is 5.56 Å². The summed E-state index contributed by atoms with van der Waals surface area (Å²) in [6.45, 7) is 0. The predicted molar refractivity (Wildman–Crippen MR) is 49.3 cm³/mol. The van der Waals surface area contributed by atoms with Gasteiger partial charge in [0.2, 0.25) is 0 Å². The number of carbonyl (C=O) groups is 1. The highest BCUT2D eigenvalue weighted by Crippen LogP contribution is 2.22. The first-order valence-electron chi connectivity index (χ1n) is 3.26. The minimum Gasteiger partial charge on any atom is -0.365 e. The van der Waals surface area contributed by atoms with Crippen molar-refractivity contribution in [1.29, 1.82) is 0 Å². The van der Waals surface area contributed by atoms with E-state index in [0.29, 0.717) is 4.47 Å². The summed E-state index contributed by atoms with van der Waals surface area (Å²) < 4.78 is 0.576. The van der Waals surface area contributed by atoms with Gasteiger partial charge in [0.05, 0.1) is 4.92 Å². The molecule has 0 saturated carbocycles. The molecule has 0 fully saturated rings. The first-order valence-corrected chi connectivity index (χ1v) is 4.05. The van der Waals surface area contributed by atoms with Crippen LogP contribution in [0.3, 0.4) is 0 Å². The summed E-state index contributed by atoms with van der Waals surface area (Å²) in [6.07, 6.45) is 0. The van der Waals surface area contributed by atoms with Gasteiger partial charge in [0.25, 0.3) is 11.6 Å². The summed E-state index contributed by atoms with van der Waals surface area (Å²) in [5.41, 5.74) is 4.58.